The number of sulfonamides is 1. The smallest absolute Gasteiger partial charge is 0.266 e. The summed E-state index contributed by atoms with van der Waals surface area (Å²) in [6.45, 7) is 1.98. The molecule has 0 aliphatic carbocycles. The summed E-state index contributed by atoms with van der Waals surface area (Å²) in [4.78, 5) is 13.2. The summed E-state index contributed by atoms with van der Waals surface area (Å²) in [6.07, 6.45) is 0.835. The summed E-state index contributed by atoms with van der Waals surface area (Å²) in [5.41, 5.74) is 3.42. The molecule has 0 heterocycles. The van der Waals surface area contributed by atoms with Gasteiger partial charge in [-0.15, -0.1) is 4.83 Å². The number of amides is 1. The summed E-state index contributed by atoms with van der Waals surface area (Å²) < 4.78 is 37.3. The molecule has 0 atom stereocenters. The van der Waals surface area contributed by atoms with Crippen molar-refractivity contribution in [3.63, 3.8) is 0 Å². The van der Waals surface area contributed by atoms with Crippen molar-refractivity contribution >= 4 is 15.9 Å². The molecule has 0 unspecified atom stereocenters. The second kappa shape index (κ2) is 6.67. The zero-order chi connectivity index (χ0) is 16.2. The van der Waals surface area contributed by atoms with Gasteiger partial charge in [-0.1, -0.05) is 31.2 Å². The Hall–Kier alpha value is -2.25. The second-order valence-electron chi connectivity index (χ2n) is 4.54. The van der Waals surface area contributed by atoms with Crippen LogP contribution in [0.25, 0.3) is 0 Å². The van der Waals surface area contributed by atoms with Gasteiger partial charge in [0.25, 0.3) is 15.9 Å². The van der Waals surface area contributed by atoms with E-state index in [1.165, 1.54) is 12.1 Å². The first kappa shape index (κ1) is 16.1. The van der Waals surface area contributed by atoms with E-state index in [2.05, 4.69) is 5.43 Å². The van der Waals surface area contributed by atoms with Crippen molar-refractivity contribution in [1.29, 1.82) is 0 Å². The summed E-state index contributed by atoms with van der Waals surface area (Å²) in [7, 11) is -4.16. The van der Waals surface area contributed by atoms with Gasteiger partial charge >= 0.3 is 0 Å². The Morgan fingerprint density at radius 1 is 1.09 bits per heavy atom. The Labute approximate surface area is 128 Å². The van der Waals surface area contributed by atoms with Crippen LogP contribution in [-0.4, -0.2) is 14.3 Å². The summed E-state index contributed by atoms with van der Waals surface area (Å²) in [6, 6.07) is 11.6. The van der Waals surface area contributed by atoms with Crippen LogP contribution in [0.2, 0.25) is 0 Å². The highest BCUT2D eigenvalue weighted by Gasteiger charge is 2.19. The number of hydrogen-bond donors (Lipinski definition) is 2. The predicted octanol–water partition coefficient (Wildman–Crippen LogP) is 2.01. The SMILES string of the molecule is CCc1ccc(C(=O)NNS(=O)(=O)c2ccccc2F)cc1. The zero-order valence-electron chi connectivity index (χ0n) is 11.8. The maximum absolute atomic E-state index is 13.5. The van der Waals surface area contributed by atoms with E-state index in [1.54, 1.807) is 24.3 Å². The number of nitrogens with one attached hydrogen (secondary N) is 2. The fraction of sp³-hybridized carbons (Fsp3) is 0.133. The number of benzene rings is 2. The summed E-state index contributed by atoms with van der Waals surface area (Å²) in [5, 5.41) is 0. The Balaban J connectivity index is 2.08. The molecule has 0 saturated heterocycles. The van der Waals surface area contributed by atoms with Crippen molar-refractivity contribution in [1.82, 2.24) is 10.3 Å². The first-order valence-electron chi connectivity index (χ1n) is 6.59. The molecule has 22 heavy (non-hydrogen) atoms. The van der Waals surface area contributed by atoms with Crippen LogP contribution < -0.4 is 10.3 Å². The van der Waals surface area contributed by atoms with E-state index < -0.39 is 26.6 Å². The molecule has 0 aliphatic heterocycles. The molecule has 0 fully saturated rings. The summed E-state index contributed by atoms with van der Waals surface area (Å²) in [5.74, 6) is -1.51. The largest absolute Gasteiger partial charge is 0.273 e. The number of hydrogen-bond acceptors (Lipinski definition) is 3. The minimum Gasteiger partial charge on any atom is -0.273 e. The Morgan fingerprint density at radius 2 is 1.73 bits per heavy atom. The third kappa shape index (κ3) is 3.69. The maximum atomic E-state index is 13.5. The zero-order valence-corrected chi connectivity index (χ0v) is 12.7. The monoisotopic (exact) mass is 322 g/mol. The molecule has 0 saturated carbocycles. The van der Waals surface area contributed by atoms with Gasteiger partial charge in [-0.3, -0.25) is 10.2 Å². The molecule has 1 amide bonds. The van der Waals surface area contributed by atoms with E-state index in [0.717, 1.165) is 24.1 Å². The summed E-state index contributed by atoms with van der Waals surface area (Å²) >= 11 is 0. The first-order valence-corrected chi connectivity index (χ1v) is 8.08. The lowest BCUT2D eigenvalue weighted by molar-refractivity contribution is 0.0945. The molecule has 2 N–H and O–H groups in total. The van der Waals surface area contributed by atoms with E-state index >= 15 is 0 Å². The minimum absolute atomic E-state index is 0.299. The molecule has 0 aliphatic rings. The van der Waals surface area contributed by atoms with Crippen LogP contribution in [0.3, 0.4) is 0 Å². The molecule has 2 aromatic carbocycles. The van der Waals surface area contributed by atoms with Gasteiger partial charge in [0, 0.05) is 5.56 Å². The number of carbonyl (C=O) groups is 1. The molecule has 5 nitrogen and oxygen atoms in total. The number of carbonyl (C=O) groups excluding carboxylic acids is 1. The number of rotatable bonds is 5. The van der Waals surface area contributed by atoms with Gasteiger partial charge in [0.15, 0.2) is 0 Å². The van der Waals surface area contributed by atoms with Crippen LogP contribution in [0, 0.1) is 5.82 Å². The molecule has 2 aromatic rings. The van der Waals surface area contributed by atoms with E-state index in [0.29, 0.717) is 5.56 Å². The predicted molar refractivity (Wildman–Crippen MR) is 80.0 cm³/mol. The molecular weight excluding hydrogens is 307 g/mol. The van der Waals surface area contributed by atoms with E-state index in [4.69, 9.17) is 0 Å². The lowest BCUT2D eigenvalue weighted by Gasteiger charge is -2.09. The lowest BCUT2D eigenvalue weighted by Crippen LogP contribution is -2.41. The van der Waals surface area contributed by atoms with Gasteiger partial charge in [-0.05, 0) is 36.2 Å². The van der Waals surface area contributed by atoms with Crippen LogP contribution in [0.5, 0.6) is 0 Å². The van der Waals surface area contributed by atoms with Gasteiger partial charge in [0.05, 0.1) is 0 Å². The van der Waals surface area contributed by atoms with Crippen molar-refractivity contribution in [2.24, 2.45) is 0 Å². The van der Waals surface area contributed by atoms with Gasteiger partial charge in [0.1, 0.15) is 10.7 Å². The van der Waals surface area contributed by atoms with Crippen molar-refractivity contribution in [3.05, 3.63) is 65.5 Å². The first-order chi connectivity index (χ1) is 10.4. The van der Waals surface area contributed by atoms with Crippen molar-refractivity contribution in [2.75, 3.05) is 0 Å². The van der Waals surface area contributed by atoms with Crippen LogP contribution in [-0.2, 0) is 16.4 Å². The topological polar surface area (TPSA) is 75.3 Å². The maximum Gasteiger partial charge on any atom is 0.266 e. The van der Waals surface area contributed by atoms with Crippen molar-refractivity contribution < 1.29 is 17.6 Å². The minimum atomic E-state index is -4.16. The van der Waals surface area contributed by atoms with Gasteiger partial charge in [-0.2, -0.15) is 0 Å². The molecular formula is C15H15FN2O3S. The van der Waals surface area contributed by atoms with Gasteiger partial charge < -0.3 is 0 Å². The van der Waals surface area contributed by atoms with Crippen LogP contribution in [0.1, 0.15) is 22.8 Å². The molecule has 0 aromatic heterocycles. The van der Waals surface area contributed by atoms with E-state index in [9.17, 15) is 17.6 Å². The molecule has 2 rings (SSSR count). The highest BCUT2D eigenvalue weighted by molar-refractivity contribution is 7.89. The van der Waals surface area contributed by atoms with Crippen molar-refractivity contribution in [2.45, 2.75) is 18.2 Å². The van der Waals surface area contributed by atoms with Gasteiger partial charge in [0.2, 0.25) is 0 Å². The average molecular weight is 322 g/mol. The fourth-order valence-electron chi connectivity index (χ4n) is 1.80. The second-order valence-corrected chi connectivity index (χ2v) is 6.19. The number of hydrazine groups is 1. The van der Waals surface area contributed by atoms with E-state index in [-0.39, 0.29) is 0 Å². The molecule has 0 bridgehead atoms. The highest BCUT2D eigenvalue weighted by Crippen LogP contribution is 2.12. The Morgan fingerprint density at radius 3 is 2.32 bits per heavy atom. The molecule has 0 spiro atoms. The standard InChI is InChI=1S/C15H15FN2O3S/c1-2-11-7-9-12(10-8-11)15(19)17-18-22(20,21)14-6-4-3-5-13(14)16/h3-10,18H,2H2,1H3,(H,17,19). The molecule has 7 heteroatoms. The van der Waals surface area contributed by atoms with Crippen LogP contribution in [0.4, 0.5) is 4.39 Å². The number of aryl methyl sites for hydroxylation is 1. The third-order valence-corrected chi connectivity index (χ3v) is 4.33. The Kier molecular flexibility index (Phi) is 4.89. The Bertz CT molecular complexity index is 774. The van der Waals surface area contributed by atoms with E-state index in [1.807, 2.05) is 11.8 Å². The van der Waals surface area contributed by atoms with Crippen LogP contribution >= 0.6 is 0 Å². The van der Waals surface area contributed by atoms with Gasteiger partial charge in [-0.25, -0.2) is 12.8 Å². The van der Waals surface area contributed by atoms with Crippen molar-refractivity contribution in [3.8, 4) is 0 Å². The average Bonchev–Trinajstić information content (AvgIpc) is 2.53. The third-order valence-electron chi connectivity index (χ3n) is 3.05. The number of halogens is 1. The lowest BCUT2D eigenvalue weighted by atomic mass is 10.1. The molecule has 0 radical (unpaired) electrons. The molecule has 116 valence electrons. The quantitative estimate of drug-likeness (QED) is 0.827. The normalized spacial score (nSPS) is 11.2. The highest BCUT2D eigenvalue weighted by atomic mass is 32.2. The fourth-order valence-corrected chi connectivity index (χ4v) is 2.71. The van der Waals surface area contributed by atoms with Crippen LogP contribution in [0.15, 0.2) is 53.4 Å².